The Morgan fingerprint density at radius 1 is 1.14 bits per heavy atom. The summed E-state index contributed by atoms with van der Waals surface area (Å²) in [5.41, 5.74) is 0.934. The molecule has 0 saturated carbocycles. The van der Waals surface area contributed by atoms with Gasteiger partial charge in [0.1, 0.15) is 11.5 Å². The molecule has 0 saturated heterocycles. The van der Waals surface area contributed by atoms with E-state index in [-0.39, 0.29) is 22.2 Å². The van der Waals surface area contributed by atoms with E-state index in [1.807, 2.05) is 6.07 Å². The van der Waals surface area contributed by atoms with Gasteiger partial charge in [-0.1, -0.05) is 30.0 Å². The Hall–Kier alpha value is -3.26. The number of amides is 1. The molecule has 3 aromatic rings. The SMILES string of the molecule is COc1cccc(-n2ccnc(SCC(=O)Nc3ccccc3OC)c2=O)c1. The van der Waals surface area contributed by atoms with E-state index in [1.165, 1.54) is 17.9 Å². The van der Waals surface area contributed by atoms with Gasteiger partial charge in [-0.3, -0.25) is 14.2 Å². The third kappa shape index (κ3) is 4.52. The molecule has 7 nitrogen and oxygen atoms in total. The van der Waals surface area contributed by atoms with Crippen LogP contribution in [0.15, 0.2) is 70.7 Å². The van der Waals surface area contributed by atoms with Crippen molar-refractivity contribution in [2.75, 3.05) is 25.3 Å². The van der Waals surface area contributed by atoms with E-state index in [4.69, 9.17) is 9.47 Å². The number of para-hydroxylation sites is 2. The monoisotopic (exact) mass is 397 g/mol. The average Bonchev–Trinajstić information content (AvgIpc) is 2.73. The summed E-state index contributed by atoms with van der Waals surface area (Å²) >= 11 is 1.08. The van der Waals surface area contributed by atoms with E-state index in [9.17, 15) is 9.59 Å². The lowest BCUT2D eigenvalue weighted by Crippen LogP contribution is -2.22. The summed E-state index contributed by atoms with van der Waals surface area (Å²) in [6.07, 6.45) is 3.11. The molecule has 1 N–H and O–H groups in total. The first-order valence-electron chi connectivity index (χ1n) is 8.40. The number of hydrogen-bond donors (Lipinski definition) is 1. The summed E-state index contributed by atoms with van der Waals surface area (Å²) in [7, 11) is 3.10. The molecule has 0 unspecified atom stereocenters. The van der Waals surface area contributed by atoms with Crippen LogP contribution in [0.4, 0.5) is 5.69 Å². The molecule has 1 aromatic heterocycles. The van der Waals surface area contributed by atoms with Crippen LogP contribution in [0.2, 0.25) is 0 Å². The second-order valence-corrected chi connectivity index (χ2v) is 6.61. The highest BCUT2D eigenvalue weighted by Gasteiger charge is 2.12. The van der Waals surface area contributed by atoms with Crippen molar-refractivity contribution >= 4 is 23.4 Å². The average molecular weight is 397 g/mol. The maximum Gasteiger partial charge on any atom is 0.287 e. The lowest BCUT2D eigenvalue weighted by atomic mass is 10.3. The fraction of sp³-hybridized carbons (Fsp3) is 0.150. The van der Waals surface area contributed by atoms with Crippen molar-refractivity contribution in [3.63, 3.8) is 0 Å². The van der Waals surface area contributed by atoms with Crippen molar-refractivity contribution < 1.29 is 14.3 Å². The predicted molar refractivity (Wildman–Crippen MR) is 109 cm³/mol. The van der Waals surface area contributed by atoms with Gasteiger partial charge in [-0.05, 0) is 24.3 Å². The first kappa shape index (κ1) is 19.5. The summed E-state index contributed by atoms with van der Waals surface area (Å²) < 4.78 is 11.9. The van der Waals surface area contributed by atoms with Crippen LogP contribution < -0.4 is 20.3 Å². The summed E-state index contributed by atoms with van der Waals surface area (Å²) in [6.45, 7) is 0. The molecule has 0 aliphatic carbocycles. The van der Waals surface area contributed by atoms with Gasteiger partial charge in [0, 0.05) is 18.5 Å². The lowest BCUT2D eigenvalue weighted by Gasteiger charge is -2.10. The van der Waals surface area contributed by atoms with Crippen LogP contribution in [0.1, 0.15) is 0 Å². The number of aromatic nitrogens is 2. The summed E-state index contributed by atoms with van der Waals surface area (Å²) in [6, 6.07) is 14.3. The largest absolute Gasteiger partial charge is 0.497 e. The minimum absolute atomic E-state index is 0.0441. The van der Waals surface area contributed by atoms with Gasteiger partial charge < -0.3 is 14.8 Å². The Balaban J connectivity index is 1.73. The molecule has 0 bridgehead atoms. The standard InChI is InChI=1S/C20H19N3O4S/c1-26-15-7-5-6-14(12-15)23-11-10-21-19(20(23)25)28-13-18(24)22-16-8-3-4-9-17(16)27-2/h3-12H,13H2,1-2H3,(H,22,24). The molecule has 0 aliphatic heterocycles. The number of ether oxygens (including phenoxy) is 2. The van der Waals surface area contributed by atoms with Crippen LogP contribution in [0.25, 0.3) is 5.69 Å². The zero-order valence-corrected chi connectivity index (χ0v) is 16.2. The third-order valence-corrected chi connectivity index (χ3v) is 4.82. The number of nitrogens with zero attached hydrogens (tertiary/aromatic N) is 2. The van der Waals surface area contributed by atoms with Crippen LogP contribution >= 0.6 is 11.8 Å². The number of carbonyl (C=O) groups is 1. The van der Waals surface area contributed by atoms with E-state index in [0.717, 1.165) is 11.8 Å². The Labute approximate surface area is 166 Å². The fourth-order valence-electron chi connectivity index (χ4n) is 2.52. The third-order valence-electron chi connectivity index (χ3n) is 3.86. The van der Waals surface area contributed by atoms with Crippen LogP contribution in [-0.2, 0) is 4.79 Å². The van der Waals surface area contributed by atoms with Gasteiger partial charge in [-0.25, -0.2) is 4.98 Å². The highest BCUT2D eigenvalue weighted by Crippen LogP contribution is 2.23. The number of hydrogen-bond acceptors (Lipinski definition) is 6. The minimum Gasteiger partial charge on any atom is -0.497 e. The number of benzene rings is 2. The first-order valence-corrected chi connectivity index (χ1v) is 9.38. The van der Waals surface area contributed by atoms with Crippen molar-refractivity contribution in [3.8, 4) is 17.2 Å². The highest BCUT2D eigenvalue weighted by molar-refractivity contribution is 7.99. The lowest BCUT2D eigenvalue weighted by molar-refractivity contribution is -0.113. The molecule has 1 amide bonds. The quantitative estimate of drug-likeness (QED) is 0.617. The first-order chi connectivity index (χ1) is 13.6. The number of rotatable bonds is 7. The summed E-state index contributed by atoms with van der Waals surface area (Å²) in [4.78, 5) is 29.1. The molecule has 0 aliphatic rings. The molecular weight excluding hydrogens is 378 g/mol. The van der Waals surface area contributed by atoms with Crippen LogP contribution in [0, 0.1) is 0 Å². The predicted octanol–water partition coefficient (Wildman–Crippen LogP) is 2.98. The smallest absolute Gasteiger partial charge is 0.287 e. The van der Waals surface area contributed by atoms with Crippen molar-refractivity contribution in [3.05, 3.63) is 71.3 Å². The number of nitrogens with one attached hydrogen (secondary N) is 1. The highest BCUT2D eigenvalue weighted by atomic mass is 32.2. The Kier molecular flexibility index (Phi) is 6.33. The minimum atomic E-state index is -0.300. The second kappa shape index (κ2) is 9.09. The fourth-order valence-corrected chi connectivity index (χ4v) is 3.22. The zero-order valence-electron chi connectivity index (χ0n) is 15.4. The molecule has 0 radical (unpaired) electrons. The number of anilines is 1. The van der Waals surface area contributed by atoms with E-state index < -0.39 is 0 Å². The number of carbonyl (C=O) groups excluding carboxylic acids is 1. The van der Waals surface area contributed by atoms with E-state index in [2.05, 4.69) is 10.3 Å². The topological polar surface area (TPSA) is 82.5 Å². The molecule has 8 heteroatoms. The second-order valence-electron chi connectivity index (χ2n) is 5.65. The molecule has 144 valence electrons. The van der Waals surface area contributed by atoms with Gasteiger partial charge in [-0.15, -0.1) is 0 Å². The normalized spacial score (nSPS) is 10.4. The van der Waals surface area contributed by atoms with E-state index >= 15 is 0 Å². The van der Waals surface area contributed by atoms with Gasteiger partial charge >= 0.3 is 0 Å². The molecule has 0 atom stereocenters. The maximum atomic E-state index is 12.7. The maximum absolute atomic E-state index is 12.7. The van der Waals surface area contributed by atoms with Gasteiger partial charge in [0.15, 0.2) is 5.03 Å². The number of thioether (sulfide) groups is 1. The molecular formula is C20H19N3O4S. The van der Waals surface area contributed by atoms with Crippen molar-refractivity contribution in [1.82, 2.24) is 9.55 Å². The molecule has 0 fully saturated rings. The van der Waals surface area contributed by atoms with Crippen molar-refractivity contribution in [1.29, 1.82) is 0 Å². The van der Waals surface area contributed by atoms with Gasteiger partial charge in [-0.2, -0.15) is 0 Å². The molecule has 1 heterocycles. The number of methoxy groups -OCH3 is 2. The van der Waals surface area contributed by atoms with Gasteiger partial charge in [0.05, 0.1) is 31.3 Å². The molecule has 2 aromatic carbocycles. The van der Waals surface area contributed by atoms with Crippen LogP contribution in [0.3, 0.4) is 0 Å². The van der Waals surface area contributed by atoms with Gasteiger partial charge in [0.25, 0.3) is 5.56 Å². The Morgan fingerprint density at radius 2 is 1.96 bits per heavy atom. The van der Waals surface area contributed by atoms with Crippen molar-refractivity contribution in [2.45, 2.75) is 5.03 Å². The zero-order chi connectivity index (χ0) is 19.9. The van der Waals surface area contributed by atoms with E-state index in [0.29, 0.717) is 22.9 Å². The summed E-state index contributed by atoms with van der Waals surface area (Å²) in [5, 5.41) is 3.01. The molecule has 3 rings (SSSR count). The Morgan fingerprint density at radius 3 is 2.75 bits per heavy atom. The van der Waals surface area contributed by atoms with Gasteiger partial charge in [0.2, 0.25) is 5.91 Å². The van der Waals surface area contributed by atoms with E-state index in [1.54, 1.807) is 55.8 Å². The Bertz CT molecular complexity index is 1040. The van der Waals surface area contributed by atoms with Crippen LogP contribution in [0.5, 0.6) is 11.5 Å². The molecule has 28 heavy (non-hydrogen) atoms. The molecule has 0 spiro atoms. The van der Waals surface area contributed by atoms with Crippen LogP contribution in [-0.4, -0.2) is 35.4 Å². The van der Waals surface area contributed by atoms with Crippen molar-refractivity contribution in [2.24, 2.45) is 0 Å². The summed E-state index contributed by atoms with van der Waals surface area (Å²) in [5.74, 6) is 1.00.